The van der Waals surface area contributed by atoms with Crippen molar-refractivity contribution in [2.24, 2.45) is 5.16 Å². The van der Waals surface area contributed by atoms with Crippen LogP contribution < -0.4 is 0 Å². The quantitative estimate of drug-likeness (QED) is 0.209. The molecule has 0 aliphatic carbocycles. The molecule has 0 fully saturated rings. The van der Waals surface area contributed by atoms with Crippen LogP contribution in [-0.2, 0) is 4.79 Å². The summed E-state index contributed by atoms with van der Waals surface area (Å²) in [6.07, 6.45) is 0.167. The first kappa shape index (κ1) is 5.63. The van der Waals surface area contributed by atoms with Gasteiger partial charge in [-0.3, -0.25) is 4.79 Å². The molecule has 0 rings (SSSR count). The highest BCUT2D eigenvalue weighted by Gasteiger charge is 1.87. The molecule has 0 saturated carbocycles. The monoisotopic (exact) mass is 98.0 g/mol. The summed E-state index contributed by atoms with van der Waals surface area (Å²) in [4.78, 5) is 9.45. The van der Waals surface area contributed by atoms with E-state index in [4.69, 9.17) is 10.5 Å². The second-order valence-corrected chi connectivity index (χ2v) is 0.715. The van der Waals surface area contributed by atoms with Crippen LogP contribution in [0, 0.1) is 11.3 Å². The van der Waals surface area contributed by atoms with Crippen LogP contribution in [0.15, 0.2) is 5.16 Å². The van der Waals surface area contributed by atoms with Crippen LogP contribution in [0.3, 0.4) is 0 Å². The van der Waals surface area contributed by atoms with Crippen molar-refractivity contribution in [1.29, 1.82) is 5.26 Å². The Morgan fingerprint density at radius 3 is 2.57 bits per heavy atom. The van der Waals surface area contributed by atoms with Crippen LogP contribution in [0.2, 0.25) is 0 Å². The summed E-state index contributed by atoms with van der Waals surface area (Å²) >= 11 is 0. The van der Waals surface area contributed by atoms with E-state index >= 15 is 0 Å². The number of carbonyl (C=O) groups excluding carboxylic acids is 1. The van der Waals surface area contributed by atoms with Crippen molar-refractivity contribution in [2.45, 2.75) is 0 Å². The van der Waals surface area contributed by atoms with E-state index in [1.165, 1.54) is 6.07 Å². The molecule has 0 bridgehead atoms. The van der Waals surface area contributed by atoms with Gasteiger partial charge in [-0.05, 0) is 0 Å². The summed E-state index contributed by atoms with van der Waals surface area (Å²) < 4.78 is 0. The van der Waals surface area contributed by atoms with E-state index in [0.717, 1.165) is 0 Å². The van der Waals surface area contributed by atoms with Crippen LogP contribution in [0.5, 0.6) is 0 Å². The average molecular weight is 98.1 g/mol. The fourth-order valence-corrected chi connectivity index (χ4v) is 0.0723. The topological polar surface area (TPSA) is 73.5 Å². The minimum atomic E-state index is -0.514. The zero-order valence-corrected chi connectivity index (χ0v) is 3.33. The van der Waals surface area contributed by atoms with Crippen molar-refractivity contribution in [2.75, 3.05) is 0 Å². The molecule has 0 aliphatic heterocycles. The van der Waals surface area contributed by atoms with Gasteiger partial charge in [0, 0.05) is 0 Å². The number of hydrogen-bond acceptors (Lipinski definition) is 4. The van der Waals surface area contributed by atoms with Crippen molar-refractivity contribution in [3.05, 3.63) is 0 Å². The molecule has 4 heteroatoms. The third kappa shape index (κ3) is 1.49. The normalized spacial score (nSPS) is 9.86. The fourth-order valence-electron chi connectivity index (χ4n) is 0.0723. The van der Waals surface area contributed by atoms with Crippen LogP contribution in [0.4, 0.5) is 0 Å². The smallest absolute Gasteiger partial charge is 0.219 e. The van der Waals surface area contributed by atoms with Gasteiger partial charge in [0.2, 0.25) is 5.71 Å². The number of aldehydes is 1. The molecule has 36 valence electrons. The summed E-state index contributed by atoms with van der Waals surface area (Å²) in [7, 11) is 0. The zero-order chi connectivity index (χ0) is 5.70. The van der Waals surface area contributed by atoms with Crippen molar-refractivity contribution >= 4 is 12.0 Å². The molecule has 0 saturated heterocycles. The lowest BCUT2D eigenvalue weighted by molar-refractivity contribution is -0.102. The van der Waals surface area contributed by atoms with Crippen LogP contribution in [-0.4, -0.2) is 17.2 Å². The van der Waals surface area contributed by atoms with Crippen molar-refractivity contribution in [3.8, 4) is 6.07 Å². The van der Waals surface area contributed by atoms with Crippen LogP contribution in [0.1, 0.15) is 0 Å². The summed E-state index contributed by atoms with van der Waals surface area (Å²) in [5.74, 6) is 0. The van der Waals surface area contributed by atoms with Gasteiger partial charge >= 0.3 is 0 Å². The van der Waals surface area contributed by atoms with Crippen LogP contribution >= 0.6 is 0 Å². The van der Waals surface area contributed by atoms with Crippen molar-refractivity contribution < 1.29 is 10.0 Å². The maximum Gasteiger partial charge on any atom is 0.219 e. The molecular formula is C3H2N2O2. The van der Waals surface area contributed by atoms with Gasteiger partial charge < -0.3 is 5.21 Å². The van der Waals surface area contributed by atoms with E-state index in [0.29, 0.717) is 0 Å². The van der Waals surface area contributed by atoms with E-state index in [-0.39, 0.29) is 6.29 Å². The Hall–Kier alpha value is -1.37. The first-order valence-electron chi connectivity index (χ1n) is 1.42. The van der Waals surface area contributed by atoms with Gasteiger partial charge in [0.1, 0.15) is 6.07 Å². The lowest BCUT2D eigenvalue weighted by Crippen LogP contribution is -1.92. The van der Waals surface area contributed by atoms with Gasteiger partial charge in [0.25, 0.3) is 0 Å². The number of oxime groups is 1. The number of hydrogen-bond donors (Lipinski definition) is 1. The van der Waals surface area contributed by atoms with E-state index in [1.54, 1.807) is 0 Å². The molecule has 0 amide bonds. The maximum absolute atomic E-state index is 9.45. The lowest BCUT2D eigenvalue weighted by atomic mass is 10.5. The molecule has 7 heavy (non-hydrogen) atoms. The van der Waals surface area contributed by atoms with Gasteiger partial charge in [0.05, 0.1) is 0 Å². The molecule has 0 spiro atoms. The summed E-state index contributed by atoms with van der Waals surface area (Å²) in [5, 5.41) is 17.7. The summed E-state index contributed by atoms with van der Waals surface area (Å²) in [5.41, 5.74) is -0.514. The molecule has 0 radical (unpaired) electrons. The third-order valence-corrected chi connectivity index (χ3v) is 0.334. The van der Waals surface area contributed by atoms with Gasteiger partial charge in [0.15, 0.2) is 6.29 Å². The molecule has 1 N–H and O–H groups in total. The Kier molecular flexibility index (Phi) is 2.29. The Morgan fingerprint density at radius 2 is 2.57 bits per heavy atom. The van der Waals surface area contributed by atoms with Crippen molar-refractivity contribution in [3.63, 3.8) is 0 Å². The van der Waals surface area contributed by atoms with E-state index in [1.807, 2.05) is 0 Å². The minimum Gasteiger partial charge on any atom is -0.410 e. The molecule has 4 nitrogen and oxygen atoms in total. The molecule has 0 heterocycles. The Labute approximate surface area is 39.7 Å². The second kappa shape index (κ2) is 2.85. The zero-order valence-electron chi connectivity index (χ0n) is 3.33. The first-order valence-corrected chi connectivity index (χ1v) is 1.42. The molecule has 0 aromatic carbocycles. The molecule has 0 aromatic heterocycles. The summed E-state index contributed by atoms with van der Waals surface area (Å²) in [6, 6.07) is 1.33. The largest absolute Gasteiger partial charge is 0.410 e. The standard InChI is InChI=1S/C3H2N2O2/c4-1-3(2-6)5-7/h2,7H/b5-3-. The number of carbonyl (C=O) groups is 1. The highest BCUT2D eigenvalue weighted by molar-refractivity contribution is 6.35. The van der Waals surface area contributed by atoms with E-state index in [2.05, 4.69) is 5.16 Å². The Morgan fingerprint density at radius 1 is 2.00 bits per heavy atom. The van der Waals surface area contributed by atoms with Gasteiger partial charge in [-0.25, -0.2) is 0 Å². The minimum absolute atomic E-state index is 0.167. The third-order valence-electron chi connectivity index (χ3n) is 0.334. The van der Waals surface area contributed by atoms with Crippen molar-refractivity contribution in [1.82, 2.24) is 0 Å². The number of rotatable bonds is 1. The van der Waals surface area contributed by atoms with Gasteiger partial charge in [-0.15, -0.1) is 0 Å². The molecular weight excluding hydrogens is 96.0 g/mol. The molecule has 0 atom stereocenters. The Balaban J connectivity index is 3.94. The molecule has 0 unspecified atom stereocenters. The summed E-state index contributed by atoms with van der Waals surface area (Å²) in [6.45, 7) is 0. The highest BCUT2D eigenvalue weighted by atomic mass is 16.4. The second-order valence-electron chi connectivity index (χ2n) is 0.715. The molecule has 0 aromatic rings. The van der Waals surface area contributed by atoms with Gasteiger partial charge in [-0.1, -0.05) is 5.16 Å². The van der Waals surface area contributed by atoms with E-state index < -0.39 is 5.71 Å². The fraction of sp³-hybridized carbons (Fsp3) is 0. The first-order chi connectivity index (χ1) is 3.35. The lowest BCUT2D eigenvalue weighted by Gasteiger charge is -1.68. The highest BCUT2D eigenvalue weighted by Crippen LogP contribution is 1.61. The predicted molar refractivity (Wildman–Crippen MR) is 20.9 cm³/mol. The average Bonchev–Trinajstić information content (AvgIpc) is 1.72. The maximum atomic E-state index is 9.45. The SMILES string of the molecule is N#C/C(C=O)=N/O. The Bertz CT molecular complexity index is 132. The number of nitrogens with zero attached hydrogens (tertiary/aromatic N) is 2. The predicted octanol–water partition coefficient (Wildman–Crippen LogP) is -0.461. The molecule has 0 aliphatic rings. The number of nitriles is 1. The van der Waals surface area contributed by atoms with Gasteiger partial charge in [-0.2, -0.15) is 5.26 Å². The van der Waals surface area contributed by atoms with Crippen LogP contribution in [0.25, 0.3) is 0 Å². The van der Waals surface area contributed by atoms with E-state index in [9.17, 15) is 4.79 Å².